The van der Waals surface area contributed by atoms with Crippen LogP contribution in [0.5, 0.6) is 0 Å². The molecule has 8 nitrogen and oxygen atoms in total. The van der Waals surface area contributed by atoms with Crippen LogP contribution in [0, 0.1) is 0 Å². The maximum atomic E-state index is 11.5. The van der Waals surface area contributed by atoms with Gasteiger partial charge < -0.3 is 0 Å². The van der Waals surface area contributed by atoms with Crippen molar-refractivity contribution in [1.82, 2.24) is 24.8 Å². The van der Waals surface area contributed by atoms with Gasteiger partial charge in [-0.05, 0) is 17.3 Å². The summed E-state index contributed by atoms with van der Waals surface area (Å²) in [4.78, 5) is 16.4. The fourth-order valence-electron chi connectivity index (χ4n) is 1.22. The van der Waals surface area contributed by atoms with Gasteiger partial charge in [0.2, 0.25) is 0 Å². The molecule has 94 valence electrons. The molecule has 0 amide bonds. The zero-order chi connectivity index (χ0) is 13.2. The van der Waals surface area contributed by atoms with Crippen molar-refractivity contribution in [2.24, 2.45) is 0 Å². The van der Waals surface area contributed by atoms with Crippen molar-refractivity contribution < 1.29 is 8.42 Å². The maximum absolute atomic E-state index is 11.5. The standard InChI is InChI=1S/C9H9N5O3S/c1-18(16,17)6-5-13-12-11-9(15)14(13)8-3-2-4-10-7-8/h2-7H,1H3/b6-5+. The molecule has 9 heteroatoms. The van der Waals surface area contributed by atoms with Crippen LogP contribution in [0.2, 0.25) is 0 Å². The van der Waals surface area contributed by atoms with Crippen molar-refractivity contribution in [3.63, 3.8) is 0 Å². The first-order chi connectivity index (χ1) is 8.47. The molecule has 0 atom stereocenters. The predicted octanol–water partition coefficient (Wildman–Crippen LogP) is -0.703. The molecule has 0 saturated heterocycles. The summed E-state index contributed by atoms with van der Waals surface area (Å²) in [5, 5.41) is 7.80. The van der Waals surface area contributed by atoms with Crippen molar-refractivity contribution in [2.75, 3.05) is 6.26 Å². The monoisotopic (exact) mass is 267 g/mol. The molecule has 0 fully saturated rings. The smallest absolute Gasteiger partial charge is 0.262 e. The largest absolute Gasteiger partial charge is 0.388 e. The number of pyridine rings is 1. The third-order valence-electron chi connectivity index (χ3n) is 1.94. The molecule has 0 unspecified atom stereocenters. The molecule has 0 spiro atoms. The van der Waals surface area contributed by atoms with E-state index in [1.807, 2.05) is 0 Å². The third-order valence-corrected chi connectivity index (χ3v) is 2.56. The quantitative estimate of drug-likeness (QED) is 0.728. The van der Waals surface area contributed by atoms with Gasteiger partial charge in [0.05, 0.1) is 23.5 Å². The molecule has 0 N–H and O–H groups in total. The lowest BCUT2D eigenvalue weighted by molar-refractivity contribution is 0.609. The number of sulfone groups is 1. The van der Waals surface area contributed by atoms with Crippen LogP contribution in [-0.4, -0.2) is 39.4 Å². The Kier molecular flexibility index (Phi) is 3.06. The highest BCUT2D eigenvalue weighted by Crippen LogP contribution is 2.01. The van der Waals surface area contributed by atoms with Crippen molar-refractivity contribution in [2.45, 2.75) is 0 Å². The fourth-order valence-corrected chi connectivity index (χ4v) is 1.55. The minimum atomic E-state index is -3.31. The maximum Gasteiger partial charge on any atom is 0.388 e. The summed E-state index contributed by atoms with van der Waals surface area (Å²) < 4.78 is 23.1. The van der Waals surface area contributed by atoms with E-state index in [9.17, 15) is 13.2 Å². The van der Waals surface area contributed by atoms with E-state index in [4.69, 9.17) is 0 Å². The number of nitrogens with zero attached hydrogens (tertiary/aromatic N) is 5. The number of tetrazole rings is 1. The van der Waals surface area contributed by atoms with E-state index in [1.54, 1.807) is 18.3 Å². The lowest BCUT2D eigenvalue weighted by Crippen LogP contribution is -2.20. The SMILES string of the molecule is CS(=O)(=O)/C=C/n1nnc(=O)n1-c1cccnc1. The number of aromatic nitrogens is 5. The summed E-state index contributed by atoms with van der Waals surface area (Å²) in [7, 11) is -3.31. The van der Waals surface area contributed by atoms with Crippen molar-refractivity contribution in [3.8, 4) is 5.69 Å². The first kappa shape index (κ1) is 12.2. The van der Waals surface area contributed by atoms with E-state index >= 15 is 0 Å². The molecule has 0 aliphatic carbocycles. The average molecular weight is 267 g/mol. The lowest BCUT2D eigenvalue weighted by Gasteiger charge is -2.02. The van der Waals surface area contributed by atoms with Gasteiger partial charge in [0, 0.05) is 12.5 Å². The first-order valence-corrected chi connectivity index (χ1v) is 6.76. The second-order valence-corrected chi connectivity index (χ2v) is 5.36. The van der Waals surface area contributed by atoms with Crippen LogP contribution in [0.15, 0.2) is 34.7 Å². The van der Waals surface area contributed by atoms with E-state index in [-0.39, 0.29) is 0 Å². The highest BCUT2D eigenvalue weighted by atomic mass is 32.2. The van der Waals surface area contributed by atoms with Crippen LogP contribution in [0.25, 0.3) is 11.9 Å². The molecule has 0 aliphatic heterocycles. The average Bonchev–Trinajstić information content (AvgIpc) is 2.68. The summed E-state index contributed by atoms with van der Waals surface area (Å²) in [5.74, 6) is 0. The van der Waals surface area contributed by atoms with Crippen LogP contribution in [0.1, 0.15) is 0 Å². The van der Waals surface area contributed by atoms with Crippen LogP contribution >= 0.6 is 0 Å². The van der Waals surface area contributed by atoms with Gasteiger partial charge in [-0.1, -0.05) is 5.10 Å². The molecule has 2 rings (SSSR count). The molecule has 2 heterocycles. The first-order valence-electron chi connectivity index (χ1n) is 4.80. The zero-order valence-corrected chi connectivity index (χ0v) is 10.1. The number of hydrogen-bond donors (Lipinski definition) is 0. The van der Waals surface area contributed by atoms with Crippen molar-refractivity contribution in [1.29, 1.82) is 0 Å². The fraction of sp³-hybridized carbons (Fsp3) is 0.111. The molecular formula is C9H9N5O3S. The Balaban J connectivity index is 2.53. The van der Waals surface area contributed by atoms with Gasteiger partial charge in [0.1, 0.15) is 0 Å². The molecule has 18 heavy (non-hydrogen) atoms. The summed E-state index contributed by atoms with van der Waals surface area (Å²) in [6.45, 7) is 0. The minimum absolute atomic E-state index is 0.436. The van der Waals surface area contributed by atoms with Gasteiger partial charge in [-0.2, -0.15) is 9.48 Å². The second kappa shape index (κ2) is 4.53. The molecule has 0 aromatic carbocycles. The van der Waals surface area contributed by atoms with E-state index < -0.39 is 15.5 Å². The number of hydrogen-bond acceptors (Lipinski definition) is 6. The summed E-state index contributed by atoms with van der Waals surface area (Å²) in [5.41, 5.74) is -0.188. The van der Waals surface area contributed by atoms with Crippen LogP contribution < -0.4 is 5.69 Å². The van der Waals surface area contributed by atoms with Crippen molar-refractivity contribution in [3.05, 3.63) is 40.4 Å². The van der Waals surface area contributed by atoms with Gasteiger partial charge in [-0.3, -0.25) is 4.98 Å². The number of rotatable bonds is 3. The second-order valence-electron chi connectivity index (χ2n) is 3.43. The van der Waals surface area contributed by atoms with E-state index in [2.05, 4.69) is 15.3 Å². The predicted molar refractivity (Wildman–Crippen MR) is 63.6 cm³/mol. The lowest BCUT2D eigenvalue weighted by atomic mass is 10.4. The topological polar surface area (TPSA) is 99.7 Å². The Labute approximate surface area is 102 Å². The summed E-state index contributed by atoms with van der Waals surface area (Å²) in [6.07, 6.45) is 5.16. The Bertz CT molecular complexity index is 729. The molecule has 2 aromatic rings. The van der Waals surface area contributed by atoms with Gasteiger partial charge >= 0.3 is 5.69 Å². The Morgan fingerprint density at radius 2 is 2.17 bits per heavy atom. The van der Waals surface area contributed by atoms with Gasteiger partial charge in [-0.25, -0.2) is 13.2 Å². The van der Waals surface area contributed by atoms with Crippen molar-refractivity contribution >= 4 is 16.0 Å². The summed E-state index contributed by atoms with van der Waals surface area (Å²) >= 11 is 0. The molecule has 2 aromatic heterocycles. The highest BCUT2D eigenvalue weighted by Gasteiger charge is 2.07. The summed E-state index contributed by atoms with van der Waals surface area (Å²) in [6, 6.07) is 3.27. The third kappa shape index (κ3) is 2.69. The Morgan fingerprint density at radius 1 is 1.39 bits per heavy atom. The van der Waals surface area contributed by atoms with Crippen LogP contribution in [-0.2, 0) is 9.84 Å². The van der Waals surface area contributed by atoms with Crippen LogP contribution in [0.4, 0.5) is 0 Å². The minimum Gasteiger partial charge on any atom is -0.262 e. The molecule has 0 aliphatic rings. The van der Waals surface area contributed by atoms with Crippen LogP contribution in [0.3, 0.4) is 0 Å². The van der Waals surface area contributed by atoms with Gasteiger partial charge in [0.15, 0.2) is 9.84 Å². The van der Waals surface area contributed by atoms with E-state index in [1.165, 1.54) is 6.20 Å². The highest BCUT2D eigenvalue weighted by molar-refractivity contribution is 7.93. The Hall–Kier alpha value is -2.29. The molecular weight excluding hydrogens is 258 g/mol. The zero-order valence-electron chi connectivity index (χ0n) is 9.33. The van der Waals surface area contributed by atoms with Gasteiger partial charge in [-0.15, -0.1) is 0 Å². The van der Waals surface area contributed by atoms with Gasteiger partial charge in [0.25, 0.3) is 0 Å². The Morgan fingerprint density at radius 3 is 2.78 bits per heavy atom. The van der Waals surface area contributed by atoms with E-state index in [0.29, 0.717) is 5.69 Å². The molecule has 0 saturated carbocycles. The molecule has 0 bridgehead atoms. The van der Waals surface area contributed by atoms with E-state index in [0.717, 1.165) is 27.3 Å². The normalized spacial score (nSPS) is 12.1. The molecule has 0 radical (unpaired) electrons.